The number of rotatable bonds is 3. The van der Waals surface area contributed by atoms with E-state index in [1.807, 2.05) is 6.07 Å². The van der Waals surface area contributed by atoms with Crippen molar-refractivity contribution in [3.05, 3.63) is 35.6 Å². The largest absolute Gasteiger partial charge is 0.370 e. The standard InChI is InChI=1S/C14H20FN3/c1-4-14(11-6-5-7-12(15)8-11)9-17-13(16)18(14)10(2)3/h5-8,10H,4,9H2,1-3H3,(H2,16,17). The van der Waals surface area contributed by atoms with Gasteiger partial charge in [-0.1, -0.05) is 19.1 Å². The Kier molecular flexibility index (Phi) is 3.28. The van der Waals surface area contributed by atoms with Gasteiger partial charge in [-0.3, -0.25) is 4.99 Å². The number of nitrogens with two attached hydrogens (primary N) is 1. The molecule has 2 rings (SSSR count). The highest BCUT2D eigenvalue weighted by atomic mass is 19.1. The van der Waals surface area contributed by atoms with Gasteiger partial charge in [0.2, 0.25) is 0 Å². The second-order valence-corrected chi connectivity index (χ2v) is 5.03. The summed E-state index contributed by atoms with van der Waals surface area (Å²) >= 11 is 0. The molecular formula is C14H20FN3. The summed E-state index contributed by atoms with van der Waals surface area (Å²) in [6.45, 7) is 6.85. The molecule has 1 aliphatic rings. The normalized spacial score (nSPS) is 23.6. The molecule has 98 valence electrons. The molecular weight excluding hydrogens is 229 g/mol. The molecule has 1 aliphatic heterocycles. The zero-order chi connectivity index (χ0) is 13.3. The third kappa shape index (κ3) is 1.85. The van der Waals surface area contributed by atoms with Gasteiger partial charge in [-0.2, -0.15) is 0 Å². The lowest BCUT2D eigenvalue weighted by molar-refractivity contribution is 0.158. The highest BCUT2D eigenvalue weighted by molar-refractivity contribution is 5.81. The number of benzene rings is 1. The van der Waals surface area contributed by atoms with Crippen LogP contribution in [-0.2, 0) is 5.54 Å². The Morgan fingerprint density at radius 2 is 2.22 bits per heavy atom. The van der Waals surface area contributed by atoms with Crippen molar-refractivity contribution in [3.8, 4) is 0 Å². The molecule has 0 radical (unpaired) electrons. The predicted molar refractivity (Wildman–Crippen MR) is 71.8 cm³/mol. The summed E-state index contributed by atoms with van der Waals surface area (Å²) in [4.78, 5) is 6.47. The van der Waals surface area contributed by atoms with Crippen LogP contribution in [-0.4, -0.2) is 23.4 Å². The lowest BCUT2D eigenvalue weighted by Gasteiger charge is -2.41. The van der Waals surface area contributed by atoms with E-state index in [1.54, 1.807) is 12.1 Å². The van der Waals surface area contributed by atoms with E-state index < -0.39 is 0 Å². The molecule has 0 saturated heterocycles. The van der Waals surface area contributed by atoms with Gasteiger partial charge in [-0.15, -0.1) is 0 Å². The van der Waals surface area contributed by atoms with E-state index in [-0.39, 0.29) is 17.4 Å². The summed E-state index contributed by atoms with van der Waals surface area (Å²) in [6, 6.07) is 6.99. The number of aliphatic imine (C=N–C) groups is 1. The minimum absolute atomic E-state index is 0.213. The minimum atomic E-state index is -0.305. The van der Waals surface area contributed by atoms with Crippen LogP contribution < -0.4 is 5.73 Å². The lowest BCUT2D eigenvalue weighted by Crippen LogP contribution is -2.52. The van der Waals surface area contributed by atoms with Crippen molar-refractivity contribution in [2.75, 3.05) is 6.54 Å². The van der Waals surface area contributed by atoms with Gasteiger partial charge in [0, 0.05) is 6.04 Å². The number of hydrogen-bond donors (Lipinski definition) is 1. The van der Waals surface area contributed by atoms with E-state index in [2.05, 4.69) is 30.7 Å². The summed E-state index contributed by atoms with van der Waals surface area (Å²) in [7, 11) is 0. The molecule has 2 N–H and O–H groups in total. The molecule has 0 aromatic heterocycles. The van der Waals surface area contributed by atoms with E-state index >= 15 is 0 Å². The fourth-order valence-corrected chi connectivity index (χ4v) is 2.84. The Balaban J connectivity index is 2.49. The quantitative estimate of drug-likeness (QED) is 0.894. The molecule has 0 amide bonds. The molecule has 0 aliphatic carbocycles. The summed E-state index contributed by atoms with van der Waals surface area (Å²) in [6.07, 6.45) is 0.846. The van der Waals surface area contributed by atoms with Crippen LogP contribution in [0.15, 0.2) is 29.3 Å². The summed E-state index contributed by atoms with van der Waals surface area (Å²) < 4.78 is 13.5. The maximum atomic E-state index is 13.5. The first-order chi connectivity index (χ1) is 8.51. The molecule has 1 atom stereocenters. The predicted octanol–water partition coefficient (Wildman–Crippen LogP) is 2.47. The van der Waals surface area contributed by atoms with Gasteiger partial charge in [0.05, 0.1) is 12.1 Å². The zero-order valence-electron chi connectivity index (χ0n) is 11.2. The average molecular weight is 249 g/mol. The van der Waals surface area contributed by atoms with Crippen LogP contribution in [0.4, 0.5) is 4.39 Å². The molecule has 1 heterocycles. The first-order valence-electron chi connectivity index (χ1n) is 6.36. The van der Waals surface area contributed by atoms with Crippen LogP contribution >= 0.6 is 0 Å². The van der Waals surface area contributed by atoms with Crippen molar-refractivity contribution in [2.45, 2.75) is 38.8 Å². The number of nitrogens with zero attached hydrogens (tertiary/aromatic N) is 2. The maximum Gasteiger partial charge on any atom is 0.192 e. The number of halogens is 1. The van der Waals surface area contributed by atoms with Crippen molar-refractivity contribution in [1.29, 1.82) is 0 Å². The molecule has 1 aromatic carbocycles. The second kappa shape index (κ2) is 4.59. The highest BCUT2D eigenvalue weighted by Gasteiger charge is 2.43. The average Bonchev–Trinajstić information content (AvgIpc) is 2.67. The van der Waals surface area contributed by atoms with Gasteiger partial charge >= 0.3 is 0 Å². The SMILES string of the molecule is CCC1(c2cccc(F)c2)CN=C(N)N1C(C)C. The molecule has 0 bridgehead atoms. The number of guanidine groups is 1. The Morgan fingerprint density at radius 3 is 2.78 bits per heavy atom. The van der Waals surface area contributed by atoms with Crippen LogP contribution in [0.2, 0.25) is 0 Å². The van der Waals surface area contributed by atoms with Crippen LogP contribution in [0.3, 0.4) is 0 Å². The number of hydrogen-bond acceptors (Lipinski definition) is 3. The van der Waals surface area contributed by atoms with E-state index in [0.29, 0.717) is 12.5 Å². The Bertz CT molecular complexity index is 470. The molecule has 3 nitrogen and oxygen atoms in total. The maximum absolute atomic E-state index is 13.5. The third-order valence-electron chi connectivity index (χ3n) is 3.67. The van der Waals surface area contributed by atoms with Crippen molar-refractivity contribution in [2.24, 2.45) is 10.7 Å². The van der Waals surface area contributed by atoms with Crippen molar-refractivity contribution >= 4 is 5.96 Å². The monoisotopic (exact) mass is 249 g/mol. The Morgan fingerprint density at radius 1 is 1.50 bits per heavy atom. The fraction of sp³-hybridized carbons (Fsp3) is 0.500. The molecule has 18 heavy (non-hydrogen) atoms. The first-order valence-corrected chi connectivity index (χ1v) is 6.36. The van der Waals surface area contributed by atoms with Crippen molar-refractivity contribution < 1.29 is 4.39 Å². The van der Waals surface area contributed by atoms with Crippen LogP contribution in [0, 0.1) is 5.82 Å². The van der Waals surface area contributed by atoms with E-state index in [0.717, 1.165) is 12.0 Å². The molecule has 0 fully saturated rings. The summed E-state index contributed by atoms with van der Waals surface area (Å²) in [5.74, 6) is 0.339. The topological polar surface area (TPSA) is 41.6 Å². The lowest BCUT2D eigenvalue weighted by atomic mass is 9.85. The van der Waals surface area contributed by atoms with Gasteiger partial charge < -0.3 is 10.6 Å². The van der Waals surface area contributed by atoms with Crippen molar-refractivity contribution in [3.63, 3.8) is 0 Å². The zero-order valence-corrected chi connectivity index (χ0v) is 11.2. The van der Waals surface area contributed by atoms with Crippen molar-refractivity contribution in [1.82, 2.24) is 4.90 Å². The van der Waals surface area contributed by atoms with E-state index in [1.165, 1.54) is 6.07 Å². The molecule has 0 saturated carbocycles. The third-order valence-corrected chi connectivity index (χ3v) is 3.67. The Labute approximate surface area is 108 Å². The minimum Gasteiger partial charge on any atom is -0.370 e. The summed E-state index contributed by atoms with van der Waals surface area (Å²) in [5.41, 5.74) is 6.63. The fourth-order valence-electron chi connectivity index (χ4n) is 2.84. The van der Waals surface area contributed by atoms with Gasteiger partial charge in [0.1, 0.15) is 5.82 Å². The van der Waals surface area contributed by atoms with Gasteiger partial charge in [0.25, 0.3) is 0 Å². The molecule has 1 aromatic rings. The van der Waals surface area contributed by atoms with Gasteiger partial charge in [-0.25, -0.2) is 4.39 Å². The molecule has 4 heteroatoms. The van der Waals surface area contributed by atoms with E-state index in [4.69, 9.17) is 5.73 Å². The van der Waals surface area contributed by atoms with E-state index in [9.17, 15) is 4.39 Å². The van der Waals surface area contributed by atoms with Crippen LogP contribution in [0.5, 0.6) is 0 Å². The van der Waals surface area contributed by atoms with Gasteiger partial charge in [-0.05, 0) is 38.0 Å². The highest BCUT2D eigenvalue weighted by Crippen LogP contribution is 2.37. The van der Waals surface area contributed by atoms with Crippen LogP contribution in [0.1, 0.15) is 32.8 Å². The first kappa shape index (κ1) is 12.9. The molecule has 1 unspecified atom stereocenters. The molecule has 0 spiro atoms. The Hall–Kier alpha value is -1.58. The smallest absolute Gasteiger partial charge is 0.192 e. The summed E-state index contributed by atoms with van der Waals surface area (Å²) in [5, 5.41) is 0. The van der Waals surface area contributed by atoms with Crippen LogP contribution in [0.25, 0.3) is 0 Å². The van der Waals surface area contributed by atoms with Gasteiger partial charge in [0.15, 0.2) is 5.96 Å². The second-order valence-electron chi connectivity index (χ2n) is 5.03.